The van der Waals surface area contributed by atoms with E-state index >= 15 is 0 Å². The Bertz CT molecular complexity index is 667. The van der Waals surface area contributed by atoms with Gasteiger partial charge in [-0.3, -0.25) is 0 Å². The molecular weight excluding hydrogens is 228 g/mol. The van der Waals surface area contributed by atoms with Crippen LogP contribution in [0.25, 0.3) is 0 Å². The lowest BCUT2D eigenvalue weighted by Crippen LogP contribution is -2.03. The summed E-state index contributed by atoms with van der Waals surface area (Å²) in [5.74, 6) is 0.479. The third kappa shape index (κ3) is 1.60. The van der Waals surface area contributed by atoms with Crippen molar-refractivity contribution in [2.24, 2.45) is 5.92 Å². The molecule has 4 rings (SSSR count). The van der Waals surface area contributed by atoms with Crippen molar-refractivity contribution in [1.82, 2.24) is 0 Å². The normalized spacial score (nSPS) is 26.9. The fraction of sp³-hybridized carbons (Fsp3) is 0.158. The maximum Gasteiger partial charge on any atom is 0.0252 e. The maximum atomic E-state index is 2.35. The van der Waals surface area contributed by atoms with Crippen molar-refractivity contribution < 1.29 is 0 Å². The van der Waals surface area contributed by atoms with Crippen LogP contribution < -0.4 is 0 Å². The molecule has 0 aliphatic heterocycles. The van der Waals surface area contributed by atoms with Gasteiger partial charge in [0.05, 0.1) is 0 Å². The summed E-state index contributed by atoms with van der Waals surface area (Å²) in [6.45, 7) is 0. The Kier molecular flexibility index (Phi) is 2.41. The molecule has 0 aromatic rings. The van der Waals surface area contributed by atoms with E-state index < -0.39 is 0 Å². The van der Waals surface area contributed by atoms with E-state index in [1.807, 2.05) is 0 Å². The number of hydrogen-bond acceptors (Lipinski definition) is 0. The molecule has 0 amide bonds. The summed E-state index contributed by atoms with van der Waals surface area (Å²) in [5.41, 5.74) is 7.47. The molecule has 0 saturated heterocycles. The number of hydrogen-bond donors (Lipinski definition) is 0. The van der Waals surface area contributed by atoms with Crippen molar-refractivity contribution in [1.29, 1.82) is 0 Å². The molecular formula is C19H16. The number of fused-ring (bicyclic) bond motifs is 2. The molecule has 0 fully saturated rings. The topological polar surface area (TPSA) is 0 Å². The van der Waals surface area contributed by atoms with E-state index in [9.17, 15) is 0 Å². The average molecular weight is 244 g/mol. The van der Waals surface area contributed by atoms with Crippen LogP contribution in [0.4, 0.5) is 0 Å². The fourth-order valence-electron chi connectivity index (χ4n) is 3.45. The van der Waals surface area contributed by atoms with E-state index in [0.29, 0.717) is 5.92 Å². The Hall–Kier alpha value is -2.08. The van der Waals surface area contributed by atoms with Gasteiger partial charge in [-0.1, -0.05) is 72.4 Å². The quantitative estimate of drug-likeness (QED) is 0.540. The molecule has 0 heterocycles. The van der Waals surface area contributed by atoms with Crippen molar-refractivity contribution in [2.45, 2.75) is 12.8 Å². The van der Waals surface area contributed by atoms with Crippen LogP contribution in [0, 0.1) is 5.92 Å². The first-order chi connectivity index (χ1) is 9.45. The summed E-state index contributed by atoms with van der Waals surface area (Å²) in [4.78, 5) is 0. The van der Waals surface area contributed by atoms with Gasteiger partial charge in [0.25, 0.3) is 0 Å². The lowest BCUT2D eigenvalue weighted by atomic mass is 9.87. The van der Waals surface area contributed by atoms with Gasteiger partial charge in [0.1, 0.15) is 0 Å². The van der Waals surface area contributed by atoms with E-state index in [4.69, 9.17) is 0 Å². The molecule has 0 heteroatoms. The minimum absolute atomic E-state index is 0.479. The van der Waals surface area contributed by atoms with E-state index in [2.05, 4.69) is 66.8 Å². The second kappa shape index (κ2) is 4.24. The van der Waals surface area contributed by atoms with Crippen LogP contribution in [-0.2, 0) is 0 Å². The van der Waals surface area contributed by atoms with Gasteiger partial charge in [-0.15, -0.1) is 0 Å². The second-order valence-electron chi connectivity index (χ2n) is 5.30. The molecule has 0 radical (unpaired) electrons. The lowest BCUT2D eigenvalue weighted by Gasteiger charge is -2.16. The summed E-state index contributed by atoms with van der Waals surface area (Å²) >= 11 is 0. The lowest BCUT2D eigenvalue weighted by molar-refractivity contribution is 0.877. The molecule has 0 nitrogen and oxygen atoms in total. The zero-order chi connectivity index (χ0) is 12.7. The van der Waals surface area contributed by atoms with Gasteiger partial charge in [-0.05, 0) is 35.1 Å². The van der Waals surface area contributed by atoms with Crippen molar-refractivity contribution in [2.75, 3.05) is 0 Å². The van der Waals surface area contributed by atoms with Crippen LogP contribution in [0.15, 0.2) is 94.7 Å². The molecule has 4 aliphatic rings. The Labute approximate surface area is 114 Å². The minimum atomic E-state index is 0.479. The predicted octanol–water partition coefficient (Wildman–Crippen LogP) is 4.74. The van der Waals surface area contributed by atoms with Gasteiger partial charge in [-0.25, -0.2) is 0 Å². The van der Waals surface area contributed by atoms with E-state index in [-0.39, 0.29) is 0 Å². The molecule has 1 unspecified atom stereocenters. The number of rotatable bonds is 0. The smallest absolute Gasteiger partial charge is 0.0252 e. The van der Waals surface area contributed by atoms with Gasteiger partial charge < -0.3 is 0 Å². The molecule has 0 aromatic carbocycles. The zero-order valence-electron chi connectivity index (χ0n) is 10.8. The highest BCUT2D eigenvalue weighted by molar-refractivity contribution is 5.67. The minimum Gasteiger partial charge on any atom is -0.0841 e. The Morgan fingerprint density at radius 2 is 1.74 bits per heavy atom. The fourth-order valence-corrected chi connectivity index (χ4v) is 3.45. The first-order valence-corrected chi connectivity index (χ1v) is 6.97. The van der Waals surface area contributed by atoms with E-state index in [1.165, 1.54) is 16.7 Å². The van der Waals surface area contributed by atoms with Crippen molar-refractivity contribution in [3.8, 4) is 0 Å². The molecule has 0 bridgehead atoms. The molecule has 0 aromatic heterocycles. The molecule has 0 N–H and O–H groups in total. The van der Waals surface area contributed by atoms with Gasteiger partial charge in [0.15, 0.2) is 0 Å². The highest BCUT2D eigenvalue weighted by Gasteiger charge is 2.32. The van der Waals surface area contributed by atoms with Gasteiger partial charge >= 0.3 is 0 Å². The van der Waals surface area contributed by atoms with Gasteiger partial charge in [0.2, 0.25) is 0 Å². The van der Waals surface area contributed by atoms with Crippen LogP contribution >= 0.6 is 0 Å². The Morgan fingerprint density at radius 1 is 0.842 bits per heavy atom. The maximum absolute atomic E-state index is 2.35. The van der Waals surface area contributed by atoms with Crippen LogP contribution in [0.3, 0.4) is 0 Å². The SMILES string of the molecule is C1=CC=C2C=CC=CC3C4=C(CC=CC4)C(=C23)C=C1. The molecule has 1 atom stereocenters. The summed E-state index contributed by atoms with van der Waals surface area (Å²) in [6, 6.07) is 0. The first kappa shape index (κ1) is 10.8. The van der Waals surface area contributed by atoms with Crippen molar-refractivity contribution in [3.05, 3.63) is 94.7 Å². The molecule has 0 saturated carbocycles. The summed E-state index contributed by atoms with van der Waals surface area (Å²) in [5, 5.41) is 0. The highest BCUT2D eigenvalue weighted by atomic mass is 14.4. The molecule has 92 valence electrons. The zero-order valence-corrected chi connectivity index (χ0v) is 10.8. The van der Waals surface area contributed by atoms with Gasteiger partial charge in [-0.2, -0.15) is 0 Å². The van der Waals surface area contributed by atoms with E-state index in [0.717, 1.165) is 12.8 Å². The average Bonchev–Trinajstić information content (AvgIpc) is 2.58. The largest absolute Gasteiger partial charge is 0.0841 e. The Balaban J connectivity index is 1.96. The number of allylic oxidation sites excluding steroid dienone is 16. The standard InChI is InChI=1S/C19H16/c1-2-8-14-9-4-5-13-18-16-11-7-6-10-15(16)17(12-3-1)19(14)18/h1-9,12-13,18H,10-11H2. The van der Waals surface area contributed by atoms with Crippen LogP contribution in [0.2, 0.25) is 0 Å². The Morgan fingerprint density at radius 3 is 2.74 bits per heavy atom. The van der Waals surface area contributed by atoms with Gasteiger partial charge in [0, 0.05) is 5.92 Å². The molecule has 0 spiro atoms. The van der Waals surface area contributed by atoms with E-state index in [1.54, 1.807) is 11.1 Å². The van der Waals surface area contributed by atoms with Crippen molar-refractivity contribution in [3.63, 3.8) is 0 Å². The summed E-state index contributed by atoms with van der Waals surface area (Å²) in [7, 11) is 0. The molecule has 4 aliphatic carbocycles. The monoisotopic (exact) mass is 244 g/mol. The third-order valence-corrected chi connectivity index (χ3v) is 4.28. The summed E-state index contributed by atoms with van der Waals surface area (Å²) in [6.07, 6.45) is 26.7. The molecule has 19 heavy (non-hydrogen) atoms. The van der Waals surface area contributed by atoms with Crippen LogP contribution in [0.1, 0.15) is 12.8 Å². The van der Waals surface area contributed by atoms with Crippen molar-refractivity contribution >= 4 is 0 Å². The second-order valence-corrected chi connectivity index (χ2v) is 5.30. The summed E-state index contributed by atoms with van der Waals surface area (Å²) < 4.78 is 0. The predicted molar refractivity (Wildman–Crippen MR) is 80.6 cm³/mol. The van der Waals surface area contributed by atoms with Crippen LogP contribution in [-0.4, -0.2) is 0 Å². The van der Waals surface area contributed by atoms with Crippen LogP contribution in [0.5, 0.6) is 0 Å². The first-order valence-electron chi connectivity index (χ1n) is 6.97. The highest BCUT2D eigenvalue weighted by Crippen LogP contribution is 2.48. The third-order valence-electron chi connectivity index (χ3n) is 4.28.